The van der Waals surface area contributed by atoms with E-state index in [9.17, 15) is 13.2 Å². The first-order valence-electron chi connectivity index (χ1n) is 5.42. The second-order valence-electron chi connectivity index (χ2n) is 3.87. The van der Waals surface area contributed by atoms with Crippen molar-refractivity contribution in [3.63, 3.8) is 0 Å². The summed E-state index contributed by atoms with van der Waals surface area (Å²) < 4.78 is 37.1. The quantitative estimate of drug-likeness (QED) is 0.713. The van der Waals surface area contributed by atoms with Crippen molar-refractivity contribution in [1.82, 2.24) is 4.98 Å². The first kappa shape index (κ1) is 13.6. The zero-order chi connectivity index (χ0) is 13.9. The normalized spacial score (nSPS) is 12.0. The van der Waals surface area contributed by atoms with Crippen LogP contribution in [0.15, 0.2) is 42.6 Å². The summed E-state index contributed by atoms with van der Waals surface area (Å²) in [6.45, 7) is 0. The van der Waals surface area contributed by atoms with E-state index in [0.29, 0.717) is 10.7 Å². The average molecular weight is 284 g/mol. The molecule has 0 unspecified atom stereocenters. The second-order valence-corrected chi connectivity index (χ2v) is 4.25. The lowest BCUT2D eigenvalue weighted by atomic mass is 10.1. The van der Waals surface area contributed by atoms with E-state index in [4.69, 9.17) is 11.6 Å². The molecule has 0 bridgehead atoms. The van der Waals surface area contributed by atoms with Crippen molar-refractivity contribution in [3.8, 4) is 0 Å². The molecule has 0 aliphatic rings. The monoisotopic (exact) mass is 283 g/mol. The Morgan fingerprint density at radius 1 is 0.895 bits per heavy atom. The summed E-state index contributed by atoms with van der Waals surface area (Å²) in [7, 11) is 0. The molecule has 0 N–H and O–H groups in total. The Morgan fingerprint density at radius 3 is 2.00 bits per heavy atom. The fourth-order valence-electron chi connectivity index (χ4n) is 1.46. The van der Waals surface area contributed by atoms with E-state index in [0.717, 1.165) is 17.7 Å². The number of hydrogen-bond acceptors (Lipinski definition) is 1. The summed E-state index contributed by atoms with van der Waals surface area (Å²) in [5, 5.41) is 0.395. The summed E-state index contributed by atoms with van der Waals surface area (Å²) in [5.41, 5.74) is 0.852. The van der Waals surface area contributed by atoms with E-state index < -0.39 is 11.7 Å². The Balaban J connectivity index is 2.13. The molecule has 0 saturated heterocycles. The van der Waals surface area contributed by atoms with E-state index in [1.165, 1.54) is 12.1 Å². The van der Waals surface area contributed by atoms with Crippen molar-refractivity contribution in [2.75, 3.05) is 0 Å². The molecule has 0 radical (unpaired) electrons. The smallest absolute Gasteiger partial charge is 0.244 e. The lowest BCUT2D eigenvalue weighted by Crippen LogP contribution is -2.03. The molecule has 19 heavy (non-hydrogen) atoms. The molecule has 1 heterocycles. The van der Waals surface area contributed by atoms with Crippen LogP contribution in [-0.2, 0) is 6.18 Å². The minimum atomic E-state index is -4.30. The van der Waals surface area contributed by atoms with Crippen LogP contribution in [0.2, 0.25) is 5.15 Å². The van der Waals surface area contributed by atoms with E-state index >= 15 is 0 Å². The molecule has 0 amide bonds. The molecule has 0 fully saturated rings. The molecule has 0 aliphatic heterocycles. The minimum Gasteiger partial charge on any atom is -0.244 e. The van der Waals surface area contributed by atoms with Gasteiger partial charge in [0.25, 0.3) is 0 Å². The third kappa shape index (κ3) is 3.83. The predicted octanol–water partition coefficient (Wildman–Crippen LogP) is 4.92. The van der Waals surface area contributed by atoms with Crippen molar-refractivity contribution in [1.29, 1.82) is 0 Å². The van der Waals surface area contributed by atoms with Crippen LogP contribution in [0.1, 0.15) is 16.7 Å². The largest absolute Gasteiger partial charge is 0.416 e. The SMILES string of the molecule is FC(F)(F)c1ccc(C=Cc2ccc(Cl)nc2)cc1. The number of pyridine rings is 1. The van der Waals surface area contributed by atoms with Gasteiger partial charge in [0.1, 0.15) is 5.15 Å². The Bertz CT molecular complexity index is 571. The van der Waals surface area contributed by atoms with Crippen LogP contribution in [0.4, 0.5) is 13.2 Å². The predicted molar refractivity (Wildman–Crippen MR) is 69.6 cm³/mol. The van der Waals surface area contributed by atoms with Gasteiger partial charge in [0, 0.05) is 6.20 Å². The van der Waals surface area contributed by atoms with Crippen molar-refractivity contribution < 1.29 is 13.2 Å². The van der Waals surface area contributed by atoms with Gasteiger partial charge >= 0.3 is 6.18 Å². The third-order valence-corrected chi connectivity index (χ3v) is 2.68. The zero-order valence-corrected chi connectivity index (χ0v) is 10.4. The molecule has 0 aliphatic carbocycles. The first-order valence-corrected chi connectivity index (χ1v) is 5.80. The van der Waals surface area contributed by atoms with Crippen LogP contribution in [0, 0.1) is 0 Å². The maximum atomic E-state index is 12.4. The molecule has 2 rings (SSSR count). The number of halogens is 4. The number of aromatic nitrogens is 1. The highest BCUT2D eigenvalue weighted by Gasteiger charge is 2.29. The van der Waals surface area contributed by atoms with Crippen LogP contribution in [0.5, 0.6) is 0 Å². The fourth-order valence-corrected chi connectivity index (χ4v) is 1.57. The first-order chi connectivity index (χ1) is 8.95. The van der Waals surface area contributed by atoms with E-state index in [1.807, 2.05) is 0 Å². The maximum absolute atomic E-state index is 12.4. The second kappa shape index (κ2) is 5.45. The minimum absolute atomic E-state index is 0.395. The van der Waals surface area contributed by atoms with Crippen LogP contribution in [0.25, 0.3) is 12.2 Å². The van der Waals surface area contributed by atoms with E-state index in [1.54, 1.807) is 30.5 Å². The van der Waals surface area contributed by atoms with Gasteiger partial charge in [-0.1, -0.05) is 42.0 Å². The van der Waals surface area contributed by atoms with Gasteiger partial charge in [0.2, 0.25) is 0 Å². The molecule has 5 heteroatoms. The average Bonchev–Trinajstić information content (AvgIpc) is 2.37. The van der Waals surface area contributed by atoms with E-state index in [2.05, 4.69) is 4.98 Å². The lowest BCUT2D eigenvalue weighted by molar-refractivity contribution is -0.137. The number of benzene rings is 1. The number of rotatable bonds is 2. The molecular weight excluding hydrogens is 275 g/mol. The molecule has 1 aromatic heterocycles. The third-order valence-electron chi connectivity index (χ3n) is 2.46. The van der Waals surface area contributed by atoms with Crippen LogP contribution in [-0.4, -0.2) is 4.98 Å². The summed E-state index contributed by atoms with van der Waals surface area (Å²) in [5.74, 6) is 0. The van der Waals surface area contributed by atoms with Gasteiger partial charge in [0.05, 0.1) is 5.56 Å². The molecule has 0 atom stereocenters. The molecule has 0 spiro atoms. The lowest BCUT2D eigenvalue weighted by Gasteiger charge is -2.05. The van der Waals surface area contributed by atoms with Gasteiger partial charge in [-0.05, 0) is 29.3 Å². The highest BCUT2D eigenvalue weighted by atomic mass is 35.5. The Labute approximate surface area is 113 Å². The molecule has 0 saturated carbocycles. The number of hydrogen-bond donors (Lipinski definition) is 0. The van der Waals surface area contributed by atoms with E-state index in [-0.39, 0.29) is 0 Å². The highest BCUT2D eigenvalue weighted by Crippen LogP contribution is 2.29. The van der Waals surface area contributed by atoms with Crippen molar-refractivity contribution in [2.45, 2.75) is 6.18 Å². The zero-order valence-electron chi connectivity index (χ0n) is 9.66. The van der Waals surface area contributed by atoms with Crippen molar-refractivity contribution >= 4 is 23.8 Å². The van der Waals surface area contributed by atoms with Gasteiger partial charge < -0.3 is 0 Å². The standard InChI is InChI=1S/C14H9ClF3N/c15-13-8-5-11(9-19-13)2-1-10-3-6-12(7-4-10)14(16,17)18/h1-9H. The summed E-state index contributed by atoms with van der Waals surface area (Å²) >= 11 is 5.65. The topological polar surface area (TPSA) is 12.9 Å². The molecule has 1 nitrogen and oxygen atoms in total. The van der Waals surface area contributed by atoms with Gasteiger partial charge in [-0.25, -0.2) is 4.98 Å². The Hall–Kier alpha value is -1.81. The maximum Gasteiger partial charge on any atom is 0.416 e. The number of alkyl halides is 3. The summed E-state index contributed by atoms with van der Waals surface area (Å²) in [6, 6.07) is 8.37. The molecular formula is C14H9ClF3N. The summed E-state index contributed by atoms with van der Waals surface area (Å²) in [4.78, 5) is 3.90. The molecule has 2 aromatic rings. The highest BCUT2D eigenvalue weighted by molar-refractivity contribution is 6.29. The Morgan fingerprint density at radius 2 is 1.47 bits per heavy atom. The van der Waals surface area contributed by atoms with Crippen molar-refractivity contribution in [3.05, 3.63) is 64.4 Å². The molecule has 98 valence electrons. The van der Waals surface area contributed by atoms with Gasteiger partial charge in [-0.15, -0.1) is 0 Å². The van der Waals surface area contributed by atoms with Gasteiger partial charge in [-0.2, -0.15) is 13.2 Å². The van der Waals surface area contributed by atoms with Crippen LogP contribution < -0.4 is 0 Å². The van der Waals surface area contributed by atoms with Crippen LogP contribution >= 0.6 is 11.6 Å². The fraction of sp³-hybridized carbons (Fsp3) is 0.0714. The summed E-state index contributed by atoms with van der Waals surface area (Å²) in [6.07, 6.45) is 0.752. The van der Waals surface area contributed by atoms with Crippen molar-refractivity contribution in [2.24, 2.45) is 0 Å². The van der Waals surface area contributed by atoms with Crippen LogP contribution in [0.3, 0.4) is 0 Å². The number of nitrogens with zero attached hydrogens (tertiary/aromatic N) is 1. The van der Waals surface area contributed by atoms with Gasteiger partial charge in [0.15, 0.2) is 0 Å². The Kier molecular flexibility index (Phi) is 3.90. The molecule has 1 aromatic carbocycles. The van der Waals surface area contributed by atoms with Gasteiger partial charge in [-0.3, -0.25) is 0 Å².